The van der Waals surface area contributed by atoms with Gasteiger partial charge in [0.1, 0.15) is 6.54 Å². The number of carbonyl (C=O) groups is 1. The number of hydrogen-bond acceptors (Lipinski definition) is 4. The Kier molecular flexibility index (Phi) is 9.45. The summed E-state index contributed by atoms with van der Waals surface area (Å²) >= 11 is 7.68. The number of nitrogens with zero attached hydrogens (tertiary/aromatic N) is 1. The molecule has 0 radical (unpaired) electrons. The average molecular weight is 517 g/mol. The van der Waals surface area contributed by atoms with Crippen molar-refractivity contribution < 1.29 is 13.2 Å². The Morgan fingerprint density at radius 3 is 2.12 bits per heavy atom. The summed E-state index contributed by atoms with van der Waals surface area (Å²) in [6, 6.07) is 21.5. The number of benzene rings is 3. The molecule has 1 N–H and O–H groups in total. The van der Waals surface area contributed by atoms with E-state index in [1.54, 1.807) is 48.2 Å². The van der Waals surface area contributed by atoms with E-state index in [2.05, 4.69) is 5.32 Å². The molecule has 180 valence electrons. The van der Waals surface area contributed by atoms with Crippen molar-refractivity contribution in [3.05, 3.63) is 94.5 Å². The van der Waals surface area contributed by atoms with E-state index in [4.69, 9.17) is 11.6 Å². The minimum atomic E-state index is -3.89. The van der Waals surface area contributed by atoms with Gasteiger partial charge < -0.3 is 5.32 Å². The van der Waals surface area contributed by atoms with Gasteiger partial charge in [0, 0.05) is 17.3 Å². The summed E-state index contributed by atoms with van der Waals surface area (Å²) in [5, 5.41) is 3.58. The number of aryl methyl sites for hydroxylation is 2. The van der Waals surface area contributed by atoms with Gasteiger partial charge in [-0.2, -0.15) is 11.8 Å². The van der Waals surface area contributed by atoms with Crippen molar-refractivity contribution in [2.24, 2.45) is 0 Å². The Balaban J connectivity index is 1.57. The van der Waals surface area contributed by atoms with Crippen molar-refractivity contribution in [1.29, 1.82) is 0 Å². The average Bonchev–Trinajstić information content (AvgIpc) is 2.82. The maximum Gasteiger partial charge on any atom is 0.264 e. The first-order chi connectivity index (χ1) is 16.3. The van der Waals surface area contributed by atoms with Crippen LogP contribution < -0.4 is 9.62 Å². The van der Waals surface area contributed by atoms with Crippen LogP contribution in [0.5, 0.6) is 0 Å². The van der Waals surface area contributed by atoms with Crippen LogP contribution in [-0.4, -0.2) is 33.2 Å². The minimum absolute atomic E-state index is 0.157. The molecule has 3 aromatic carbocycles. The number of carbonyl (C=O) groups excluding carboxylic acids is 1. The highest BCUT2D eigenvalue weighted by atomic mass is 35.5. The van der Waals surface area contributed by atoms with E-state index in [0.29, 0.717) is 12.2 Å². The molecule has 0 aliphatic carbocycles. The number of amides is 1. The topological polar surface area (TPSA) is 66.5 Å². The number of rotatable bonds is 11. The first kappa shape index (κ1) is 26.1. The molecule has 0 saturated heterocycles. The molecular weight excluding hydrogens is 488 g/mol. The molecule has 3 rings (SSSR count). The van der Waals surface area contributed by atoms with Gasteiger partial charge >= 0.3 is 0 Å². The van der Waals surface area contributed by atoms with Gasteiger partial charge in [-0.1, -0.05) is 59.1 Å². The molecule has 0 unspecified atom stereocenters. The molecule has 0 spiro atoms. The number of sulfonamides is 1. The van der Waals surface area contributed by atoms with E-state index < -0.39 is 10.0 Å². The fourth-order valence-electron chi connectivity index (χ4n) is 3.22. The van der Waals surface area contributed by atoms with Crippen LogP contribution >= 0.6 is 23.4 Å². The number of hydrogen-bond donors (Lipinski definition) is 1. The highest BCUT2D eigenvalue weighted by molar-refractivity contribution is 7.98. The zero-order chi connectivity index (χ0) is 24.6. The first-order valence-electron chi connectivity index (χ1n) is 11.0. The monoisotopic (exact) mass is 516 g/mol. The summed E-state index contributed by atoms with van der Waals surface area (Å²) in [6.07, 6.45) is 0.791. The zero-order valence-electron chi connectivity index (χ0n) is 19.3. The Hall–Kier alpha value is -2.48. The van der Waals surface area contributed by atoms with Gasteiger partial charge in [0.25, 0.3) is 10.0 Å². The maximum absolute atomic E-state index is 13.4. The van der Waals surface area contributed by atoms with Gasteiger partial charge in [-0.3, -0.25) is 9.10 Å². The predicted molar refractivity (Wildman–Crippen MR) is 142 cm³/mol. The smallest absolute Gasteiger partial charge is 0.264 e. The van der Waals surface area contributed by atoms with Gasteiger partial charge in [0.15, 0.2) is 0 Å². The van der Waals surface area contributed by atoms with Crippen molar-refractivity contribution in [3.8, 4) is 0 Å². The summed E-state index contributed by atoms with van der Waals surface area (Å²) in [4.78, 5) is 12.8. The Morgan fingerprint density at radius 1 is 0.912 bits per heavy atom. The minimum Gasteiger partial charge on any atom is -0.354 e. The van der Waals surface area contributed by atoms with Crippen LogP contribution in [0.2, 0.25) is 5.02 Å². The standard InChI is InChI=1S/C26H29ClN2O3S2/c1-20-4-12-24(13-5-20)29(34(31,32)25-14-6-21(2)7-15-25)18-26(30)28-16-3-17-33-19-22-8-10-23(27)11-9-22/h4-15H,3,16-19H2,1-2H3,(H,28,30). The van der Waals surface area contributed by atoms with E-state index in [9.17, 15) is 13.2 Å². The van der Waals surface area contributed by atoms with Crippen molar-refractivity contribution in [2.45, 2.75) is 30.9 Å². The molecule has 0 aliphatic heterocycles. The normalized spacial score (nSPS) is 11.3. The maximum atomic E-state index is 13.4. The van der Waals surface area contributed by atoms with E-state index in [-0.39, 0.29) is 17.3 Å². The molecule has 0 aliphatic rings. The summed E-state index contributed by atoms with van der Waals surface area (Å²) in [7, 11) is -3.89. The molecule has 0 heterocycles. The lowest BCUT2D eigenvalue weighted by atomic mass is 10.2. The Morgan fingerprint density at radius 2 is 1.50 bits per heavy atom. The third kappa shape index (κ3) is 7.52. The molecule has 8 heteroatoms. The van der Waals surface area contributed by atoms with Gasteiger partial charge in [0.2, 0.25) is 5.91 Å². The van der Waals surface area contributed by atoms with E-state index in [1.807, 2.05) is 50.2 Å². The number of nitrogens with one attached hydrogen (secondary N) is 1. The number of thioether (sulfide) groups is 1. The van der Waals surface area contributed by atoms with Crippen LogP contribution in [0.1, 0.15) is 23.1 Å². The van der Waals surface area contributed by atoms with Crippen LogP contribution in [0.15, 0.2) is 77.7 Å². The molecule has 5 nitrogen and oxygen atoms in total. The molecule has 3 aromatic rings. The van der Waals surface area contributed by atoms with Crippen molar-refractivity contribution >= 4 is 45.0 Å². The van der Waals surface area contributed by atoms with Crippen molar-refractivity contribution in [1.82, 2.24) is 5.32 Å². The SMILES string of the molecule is Cc1ccc(N(CC(=O)NCCCSCc2ccc(Cl)cc2)S(=O)(=O)c2ccc(C)cc2)cc1. The van der Waals surface area contributed by atoms with Gasteiger partial charge in [-0.05, 0) is 68.0 Å². The van der Waals surface area contributed by atoms with Crippen molar-refractivity contribution in [3.63, 3.8) is 0 Å². The highest BCUT2D eigenvalue weighted by Gasteiger charge is 2.27. The number of halogens is 1. The largest absolute Gasteiger partial charge is 0.354 e. The third-order valence-corrected chi connectivity index (χ3v) is 8.34. The van der Waals surface area contributed by atoms with Crippen molar-refractivity contribution in [2.75, 3.05) is 23.1 Å². The molecule has 0 fully saturated rings. The first-order valence-corrected chi connectivity index (χ1v) is 14.0. The van der Waals surface area contributed by atoms with Crippen LogP contribution in [-0.2, 0) is 20.6 Å². The van der Waals surface area contributed by atoms with E-state index in [0.717, 1.165) is 34.1 Å². The molecule has 0 atom stereocenters. The van der Waals surface area contributed by atoms with E-state index in [1.165, 1.54) is 9.87 Å². The summed E-state index contributed by atoms with van der Waals surface area (Å²) in [5.41, 5.74) is 3.64. The molecular formula is C26H29ClN2O3S2. The second-order valence-electron chi connectivity index (χ2n) is 8.04. The fourth-order valence-corrected chi connectivity index (χ4v) is 5.69. The third-order valence-electron chi connectivity index (χ3n) is 5.19. The molecule has 0 bridgehead atoms. The summed E-state index contributed by atoms with van der Waals surface area (Å²) in [5.74, 6) is 1.42. The van der Waals surface area contributed by atoms with E-state index >= 15 is 0 Å². The lowest BCUT2D eigenvalue weighted by molar-refractivity contribution is -0.119. The molecule has 1 amide bonds. The second kappa shape index (κ2) is 12.3. The quantitative estimate of drug-likeness (QED) is 0.337. The van der Waals surface area contributed by atoms with Crippen LogP contribution in [0.3, 0.4) is 0 Å². The second-order valence-corrected chi connectivity index (χ2v) is 11.4. The Bertz CT molecular complexity index is 1180. The van der Waals surface area contributed by atoms with Crippen LogP contribution in [0.4, 0.5) is 5.69 Å². The van der Waals surface area contributed by atoms with Gasteiger partial charge in [-0.25, -0.2) is 8.42 Å². The van der Waals surface area contributed by atoms with Crippen LogP contribution in [0, 0.1) is 13.8 Å². The van der Waals surface area contributed by atoms with Gasteiger partial charge in [0.05, 0.1) is 10.6 Å². The zero-order valence-corrected chi connectivity index (χ0v) is 21.7. The van der Waals surface area contributed by atoms with Crippen LogP contribution in [0.25, 0.3) is 0 Å². The lowest BCUT2D eigenvalue weighted by Gasteiger charge is -2.24. The number of anilines is 1. The van der Waals surface area contributed by atoms with Gasteiger partial charge in [-0.15, -0.1) is 0 Å². The lowest BCUT2D eigenvalue weighted by Crippen LogP contribution is -2.41. The summed E-state index contributed by atoms with van der Waals surface area (Å²) < 4.78 is 27.9. The molecule has 34 heavy (non-hydrogen) atoms. The predicted octanol–water partition coefficient (Wildman–Crippen LogP) is 5.59. The highest BCUT2D eigenvalue weighted by Crippen LogP contribution is 2.24. The summed E-state index contributed by atoms with van der Waals surface area (Å²) in [6.45, 7) is 4.03. The molecule has 0 saturated carbocycles. The molecule has 0 aromatic heterocycles. The fraction of sp³-hybridized carbons (Fsp3) is 0.269. The Labute approximate surface area is 211 Å².